The van der Waals surface area contributed by atoms with E-state index in [4.69, 9.17) is 0 Å². The topological polar surface area (TPSA) is 72.8 Å². The molecular formula is C12H8BrNO4S. The Morgan fingerprint density at radius 1 is 1.11 bits per heavy atom. The second-order valence-corrected chi connectivity index (χ2v) is 5.93. The monoisotopic (exact) mass is 341 g/mol. The second-order valence-electron chi connectivity index (χ2n) is 3.55. The van der Waals surface area contributed by atoms with Crippen LogP contribution < -0.4 is 0 Å². The summed E-state index contributed by atoms with van der Waals surface area (Å²) >= 11 is 3.03. The van der Waals surface area contributed by atoms with Crippen LogP contribution in [-0.2, 0) is 19.2 Å². The number of allylic oxidation sites excluding steroid dienone is 4. The van der Waals surface area contributed by atoms with Gasteiger partial charge in [-0.25, -0.2) is 0 Å². The first-order valence-electron chi connectivity index (χ1n) is 5.15. The van der Waals surface area contributed by atoms with Crippen LogP contribution in [0.15, 0.2) is 63.1 Å². The highest BCUT2D eigenvalue weighted by Crippen LogP contribution is 2.15. The minimum atomic E-state index is -3.94. The molecule has 5 nitrogen and oxygen atoms in total. The van der Waals surface area contributed by atoms with Crippen LogP contribution in [-0.4, -0.2) is 19.9 Å². The number of benzene rings is 1. The van der Waals surface area contributed by atoms with E-state index in [-0.39, 0.29) is 20.9 Å². The average molecular weight is 342 g/mol. The summed E-state index contributed by atoms with van der Waals surface area (Å²) in [5, 5.41) is 3.50. The highest BCUT2D eigenvalue weighted by molar-refractivity contribution is 9.12. The summed E-state index contributed by atoms with van der Waals surface area (Å²) in [4.78, 5) is 11.2. The Labute approximate surface area is 118 Å². The second kappa shape index (κ2) is 5.50. The lowest BCUT2D eigenvalue weighted by Crippen LogP contribution is -2.07. The molecule has 1 aromatic rings. The normalized spacial score (nSPS) is 17.4. The van der Waals surface area contributed by atoms with Crippen molar-refractivity contribution in [2.75, 3.05) is 0 Å². The predicted molar refractivity (Wildman–Crippen MR) is 73.3 cm³/mol. The van der Waals surface area contributed by atoms with Gasteiger partial charge in [-0.05, 0) is 46.3 Å². The van der Waals surface area contributed by atoms with Crippen molar-refractivity contribution in [3.8, 4) is 0 Å². The molecule has 98 valence electrons. The van der Waals surface area contributed by atoms with Crippen molar-refractivity contribution in [2.24, 2.45) is 5.16 Å². The standard InChI is InChI=1S/C12H8BrNO4S/c13-11-8-9(6-7-12(11)15)14-18-19(16,17)10-4-2-1-3-5-10/h1-8H/b14-9+. The Bertz CT molecular complexity index is 690. The quantitative estimate of drug-likeness (QED) is 0.623. The Hall–Kier alpha value is -1.73. The molecule has 0 atom stereocenters. The molecule has 1 aromatic carbocycles. The van der Waals surface area contributed by atoms with E-state index in [1.807, 2.05) is 0 Å². The van der Waals surface area contributed by atoms with Gasteiger partial charge >= 0.3 is 10.1 Å². The highest BCUT2D eigenvalue weighted by Gasteiger charge is 2.16. The molecule has 0 saturated carbocycles. The smallest absolute Gasteiger partial charge is 0.289 e. The third-order valence-electron chi connectivity index (χ3n) is 2.19. The maximum absolute atomic E-state index is 11.8. The van der Waals surface area contributed by atoms with Gasteiger partial charge in [0, 0.05) is 0 Å². The van der Waals surface area contributed by atoms with E-state index in [9.17, 15) is 13.2 Å². The van der Waals surface area contributed by atoms with Gasteiger partial charge in [0.15, 0.2) is 5.78 Å². The molecule has 0 aromatic heterocycles. The van der Waals surface area contributed by atoms with Crippen molar-refractivity contribution in [3.05, 3.63) is 53.0 Å². The van der Waals surface area contributed by atoms with Gasteiger partial charge in [-0.1, -0.05) is 23.4 Å². The molecule has 0 fully saturated rings. The van der Waals surface area contributed by atoms with Gasteiger partial charge in [0.1, 0.15) is 10.6 Å². The van der Waals surface area contributed by atoms with E-state index in [2.05, 4.69) is 25.4 Å². The zero-order valence-corrected chi connectivity index (χ0v) is 11.9. The number of hydrogen-bond acceptors (Lipinski definition) is 5. The largest absolute Gasteiger partial charge is 0.358 e. The van der Waals surface area contributed by atoms with Crippen molar-refractivity contribution in [3.63, 3.8) is 0 Å². The van der Waals surface area contributed by atoms with E-state index in [0.29, 0.717) is 0 Å². The predicted octanol–water partition coefficient (Wildman–Crippen LogP) is 2.17. The summed E-state index contributed by atoms with van der Waals surface area (Å²) < 4.78 is 28.4. The van der Waals surface area contributed by atoms with Crippen molar-refractivity contribution >= 4 is 37.5 Å². The molecule has 19 heavy (non-hydrogen) atoms. The molecule has 0 radical (unpaired) electrons. The van der Waals surface area contributed by atoms with Crippen molar-refractivity contribution < 1.29 is 17.5 Å². The summed E-state index contributed by atoms with van der Waals surface area (Å²) in [6.07, 6.45) is 4.01. The van der Waals surface area contributed by atoms with Gasteiger partial charge in [-0.15, -0.1) is 0 Å². The van der Waals surface area contributed by atoms with E-state index < -0.39 is 10.1 Å². The van der Waals surface area contributed by atoms with Crippen LogP contribution in [0.3, 0.4) is 0 Å². The Morgan fingerprint density at radius 2 is 1.79 bits per heavy atom. The van der Waals surface area contributed by atoms with Gasteiger partial charge in [0.2, 0.25) is 0 Å². The Morgan fingerprint density at radius 3 is 2.42 bits per heavy atom. The number of carbonyl (C=O) groups is 1. The number of ketones is 1. The first-order chi connectivity index (χ1) is 8.99. The molecule has 0 unspecified atom stereocenters. The molecule has 0 heterocycles. The third-order valence-corrected chi connectivity index (χ3v) is 3.93. The van der Waals surface area contributed by atoms with Crippen LogP contribution in [0.1, 0.15) is 0 Å². The highest BCUT2D eigenvalue weighted by atomic mass is 79.9. The zero-order valence-electron chi connectivity index (χ0n) is 9.49. The van der Waals surface area contributed by atoms with Crippen LogP contribution in [0.5, 0.6) is 0 Å². The first-order valence-corrected chi connectivity index (χ1v) is 7.35. The first kappa shape index (κ1) is 13.7. The molecule has 0 aliphatic heterocycles. The molecule has 1 aliphatic rings. The van der Waals surface area contributed by atoms with E-state index in [1.165, 1.54) is 30.4 Å². The number of halogens is 1. The van der Waals surface area contributed by atoms with E-state index in [0.717, 1.165) is 0 Å². The molecule has 7 heteroatoms. The van der Waals surface area contributed by atoms with Crippen LogP contribution in [0.25, 0.3) is 0 Å². The van der Waals surface area contributed by atoms with E-state index in [1.54, 1.807) is 18.2 Å². The SMILES string of the molecule is O=C1C=C/C(=N\OS(=O)(=O)c2ccccc2)C=C1Br. The molecule has 0 bridgehead atoms. The van der Waals surface area contributed by atoms with Crippen molar-refractivity contribution in [1.82, 2.24) is 0 Å². The summed E-state index contributed by atoms with van der Waals surface area (Å²) in [6.45, 7) is 0. The molecular weight excluding hydrogens is 334 g/mol. The molecule has 1 aliphatic carbocycles. The molecule has 0 saturated heterocycles. The summed E-state index contributed by atoms with van der Waals surface area (Å²) in [7, 11) is -3.94. The minimum absolute atomic E-state index is 0.0123. The third kappa shape index (κ3) is 3.39. The number of oxime groups is 1. The van der Waals surface area contributed by atoms with Crippen LogP contribution in [0.4, 0.5) is 0 Å². The van der Waals surface area contributed by atoms with Crippen molar-refractivity contribution in [1.29, 1.82) is 0 Å². The Kier molecular flexibility index (Phi) is 3.96. The lowest BCUT2D eigenvalue weighted by Gasteiger charge is -2.03. The van der Waals surface area contributed by atoms with Crippen molar-refractivity contribution in [2.45, 2.75) is 4.90 Å². The number of hydrogen-bond donors (Lipinski definition) is 0. The maximum atomic E-state index is 11.8. The van der Waals surface area contributed by atoms with Crippen LogP contribution in [0.2, 0.25) is 0 Å². The fourth-order valence-electron chi connectivity index (χ4n) is 1.27. The molecule has 2 rings (SSSR count). The fourth-order valence-corrected chi connectivity index (χ4v) is 2.40. The lowest BCUT2D eigenvalue weighted by atomic mass is 10.2. The number of carbonyl (C=O) groups excluding carboxylic acids is 1. The van der Waals surface area contributed by atoms with Gasteiger partial charge in [0.25, 0.3) is 0 Å². The number of nitrogens with zero attached hydrogens (tertiary/aromatic N) is 1. The molecule has 0 amide bonds. The van der Waals surface area contributed by atoms with Crippen LogP contribution in [0, 0.1) is 0 Å². The Balaban J connectivity index is 2.20. The van der Waals surface area contributed by atoms with Gasteiger partial charge in [0.05, 0.1) is 4.48 Å². The van der Waals surface area contributed by atoms with Gasteiger partial charge in [-0.2, -0.15) is 8.42 Å². The van der Waals surface area contributed by atoms with Crippen LogP contribution >= 0.6 is 15.9 Å². The summed E-state index contributed by atoms with van der Waals surface area (Å²) in [6, 6.07) is 7.67. The van der Waals surface area contributed by atoms with Gasteiger partial charge < -0.3 is 0 Å². The maximum Gasteiger partial charge on any atom is 0.358 e. The zero-order chi connectivity index (χ0) is 13.9. The molecule has 0 N–H and O–H groups in total. The molecule has 0 spiro atoms. The lowest BCUT2D eigenvalue weighted by molar-refractivity contribution is -0.110. The minimum Gasteiger partial charge on any atom is -0.289 e. The number of rotatable bonds is 3. The average Bonchev–Trinajstić information content (AvgIpc) is 2.41. The van der Waals surface area contributed by atoms with E-state index >= 15 is 0 Å². The van der Waals surface area contributed by atoms with Gasteiger partial charge in [-0.3, -0.25) is 9.08 Å². The fraction of sp³-hybridized carbons (Fsp3) is 0. The summed E-state index contributed by atoms with van der Waals surface area (Å²) in [5.74, 6) is -0.218. The summed E-state index contributed by atoms with van der Waals surface area (Å²) in [5.41, 5.74) is 0.228.